The molecule has 3 unspecified atom stereocenters. The van der Waals surface area contributed by atoms with Gasteiger partial charge in [0, 0.05) is 19.0 Å². The molecule has 98 valence electrons. The van der Waals surface area contributed by atoms with E-state index < -0.39 is 0 Å². The van der Waals surface area contributed by atoms with Gasteiger partial charge in [-0.2, -0.15) is 0 Å². The van der Waals surface area contributed by atoms with Gasteiger partial charge in [-0.15, -0.1) is 10.2 Å². The minimum absolute atomic E-state index is 0.431. The van der Waals surface area contributed by atoms with Gasteiger partial charge >= 0.3 is 0 Å². The molecule has 0 bridgehead atoms. The molecule has 3 aliphatic rings. The molecule has 2 saturated carbocycles. The molecule has 2 fully saturated rings. The maximum Gasteiger partial charge on any atom is 0.150 e. The highest BCUT2D eigenvalue weighted by molar-refractivity contribution is 5.13. The van der Waals surface area contributed by atoms with E-state index in [1.807, 2.05) is 0 Å². The average Bonchev–Trinajstić information content (AvgIpc) is 2.84. The van der Waals surface area contributed by atoms with Gasteiger partial charge < -0.3 is 9.88 Å². The number of rotatable bonds is 3. The first-order valence-corrected chi connectivity index (χ1v) is 7.53. The quantitative estimate of drug-likeness (QED) is 0.889. The van der Waals surface area contributed by atoms with Gasteiger partial charge in [-0.1, -0.05) is 13.3 Å². The molecule has 1 aromatic heterocycles. The summed E-state index contributed by atoms with van der Waals surface area (Å²) in [5, 5.41) is 12.6. The largest absolute Gasteiger partial charge is 0.312 e. The summed E-state index contributed by atoms with van der Waals surface area (Å²) in [6.07, 6.45) is 6.60. The van der Waals surface area contributed by atoms with Crippen molar-refractivity contribution in [1.29, 1.82) is 0 Å². The fourth-order valence-electron chi connectivity index (χ4n) is 4.00. The summed E-state index contributed by atoms with van der Waals surface area (Å²) in [4.78, 5) is 0. The molecule has 2 heterocycles. The molecule has 4 nitrogen and oxygen atoms in total. The van der Waals surface area contributed by atoms with Crippen molar-refractivity contribution in [3.8, 4) is 0 Å². The second kappa shape index (κ2) is 4.05. The third-order valence-electron chi connectivity index (χ3n) is 5.03. The molecule has 3 atom stereocenters. The van der Waals surface area contributed by atoms with E-state index in [-0.39, 0.29) is 0 Å². The van der Waals surface area contributed by atoms with Crippen LogP contribution in [0.2, 0.25) is 0 Å². The molecule has 4 heteroatoms. The number of hydrogen-bond acceptors (Lipinski definition) is 3. The molecule has 1 aromatic rings. The first kappa shape index (κ1) is 11.0. The van der Waals surface area contributed by atoms with Gasteiger partial charge in [0.1, 0.15) is 11.6 Å². The van der Waals surface area contributed by atoms with Crippen molar-refractivity contribution in [3.05, 3.63) is 11.6 Å². The van der Waals surface area contributed by atoms with Crippen LogP contribution in [0.3, 0.4) is 0 Å². The van der Waals surface area contributed by atoms with E-state index in [2.05, 4.69) is 27.0 Å². The number of hydrogen-bond donors (Lipinski definition) is 1. The van der Waals surface area contributed by atoms with Gasteiger partial charge in [0.25, 0.3) is 0 Å². The fraction of sp³-hybridized carbons (Fsp3) is 0.857. The van der Waals surface area contributed by atoms with E-state index in [0.717, 1.165) is 24.9 Å². The zero-order chi connectivity index (χ0) is 12.1. The van der Waals surface area contributed by atoms with Crippen LogP contribution < -0.4 is 5.32 Å². The SMILES string of the molecule is CCCC1NCCn2c(C3CC4CC4C3)nnc21. The van der Waals surface area contributed by atoms with Crippen LogP contribution in [0.1, 0.15) is 62.6 Å². The number of fused-ring (bicyclic) bond motifs is 2. The third kappa shape index (κ3) is 1.62. The summed E-state index contributed by atoms with van der Waals surface area (Å²) in [6.45, 7) is 4.37. The fourth-order valence-corrected chi connectivity index (χ4v) is 4.00. The van der Waals surface area contributed by atoms with Crippen molar-refractivity contribution in [2.24, 2.45) is 11.8 Å². The summed E-state index contributed by atoms with van der Waals surface area (Å²) >= 11 is 0. The normalized spacial score (nSPS) is 37.4. The second-order valence-corrected chi connectivity index (χ2v) is 6.29. The summed E-state index contributed by atoms with van der Waals surface area (Å²) in [7, 11) is 0. The number of nitrogens with zero attached hydrogens (tertiary/aromatic N) is 3. The lowest BCUT2D eigenvalue weighted by Gasteiger charge is -2.26. The van der Waals surface area contributed by atoms with E-state index in [9.17, 15) is 0 Å². The van der Waals surface area contributed by atoms with E-state index in [4.69, 9.17) is 0 Å². The molecule has 0 radical (unpaired) electrons. The van der Waals surface area contributed by atoms with Gasteiger partial charge in [0.2, 0.25) is 0 Å². The summed E-state index contributed by atoms with van der Waals surface area (Å²) in [6, 6.07) is 0.431. The smallest absolute Gasteiger partial charge is 0.150 e. The van der Waals surface area contributed by atoms with Crippen molar-refractivity contribution in [2.75, 3.05) is 6.54 Å². The van der Waals surface area contributed by atoms with E-state index in [1.165, 1.54) is 43.8 Å². The van der Waals surface area contributed by atoms with Crippen LogP contribution in [0.15, 0.2) is 0 Å². The van der Waals surface area contributed by atoms with Crippen LogP contribution in [0.25, 0.3) is 0 Å². The first-order chi connectivity index (χ1) is 8.86. The van der Waals surface area contributed by atoms with Crippen molar-refractivity contribution in [1.82, 2.24) is 20.1 Å². The lowest BCUT2D eigenvalue weighted by Crippen LogP contribution is -2.34. The summed E-state index contributed by atoms with van der Waals surface area (Å²) in [5.74, 6) is 5.24. The summed E-state index contributed by atoms with van der Waals surface area (Å²) < 4.78 is 2.42. The lowest BCUT2D eigenvalue weighted by atomic mass is 10.0. The Morgan fingerprint density at radius 3 is 2.72 bits per heavy atom. The lowest BCUT2D eigenvalue weighted by molar-refractivity contribution is 0.381. The second-order valence-electron chi connectivity index (χ2n) is 6.29. The standard InChI is InChI=1S/C14H22N4/c1-2-3-12-14-17-16-13(18(14)5-4-15-12)11-7-9-6-10(9)8-11/h9-12,15H,2-8H2,1H3. The zero-order valence-corrected chi connectivity index (χ0v) is 11.1. The minimum Gasteiger partial charge on any atom is -0.312 e. The molecule has 0 aromatic carbocycles. The van der Waals surface area contributed by atoms with Crippen molar-refractivity contribution < 1.29 is 0 Å². The molecule has 0 spiro atoms. The Balaban J connectivity index is 1.61. The Morgan fingerprint density at radius 1 is 1.17 bits per heavy atom. The molecule has 0 saturated heterocycles. The molecular weight excluding hydrogens is 224 g/mol. The van der Waals surface area contributed by atoms with Gasteiger partial charge in [-0.05, 0) is 37.5 Å². The van der Waals surface area contributed by atoms with Crippen LogP contribution in [0, 0.1) is 11.8 Å². The highest BCUT2D eigenvalue weighted by Gasteiger charge is 2.47. The number of nitrogens with one attached hydrogen (secondary N) is 1. The summed E-state index contributed by atoms with van der Waals surface area (Å²) in [5.41, 5.74) is 0. The Kier molecular flexibility index (Phi) is 2.47. The zero-order valence-electron chi connectivity index (χ0n) is 11.1. The van der Waals surface area contributed by atoms with Crippen molar-refractivity contribution in [2.45, 2.75) is 57.5 Å². The molecule has 1 aliphatic heterocycles. The number of aromatic nitrogens is 3. The third-order valence-corrected chi connectivity index (χ3v) is 5.03. The van der Waals surface area contributed by atoms with Crippen LogP contribution in [0.5, 0.6) is 0 Å². The highest BCUT2D eigenvalue weighted by atomic mass is 15.3. The topological polar surface area (TPSA) is 42.7 Å². The Labute approximate surface area is 108 Å². The minimum atomic E-state index is 0.431. The highest BCUT2D eigenvalue weighted by Crippen LogP contribution is 2.57. The molecule has 18 heavy (non-hydrogen) atoms. The molecule has 1 N–H and O–H groups in total. The van der Waals surface area contributed by atoms with Gasteiger partial charge in [0.05, 0.1) is 6.04 Å². The maximum atomic E-state index is 4.54. The van der Waals surface area contributed by atoms with Crippen LogP contribution >= 0.6 is 0 Å². The molecule has 4 rings (SSSR count). The predicted molar refractivity (Wildman–Crippen MR) is 69.2 cm³/mol. The maximum absolute atomic E-state index is 4.54. The van der Waals surface area contributed by atoms with Crippen LogP contribution in [0.4, 0.5) is 0 Å². The molecule has 0 amide bonds. The average molecular weight is 246 g/mol. The predicted octanol–water partition coefficient (Wildman–Crippen LogP) is 2.24. The van der Waals surface area contributed by atoms with Gasteiger partial charge in [-0.25, -0.2) is 0 Å². The van der Waals surface area contributed by atoms with Crippen molar-refractivity contribution in [3.63, 3.8) is 0 Å². The van der Waals surface area contributed by atoms with Gasteiger partial charge in [-0.3, -0.25) is 0 Å². The molecular formula is C14H22N4. The Hall–Kier alpha value is -0.900. The van der Waals surface area contributed by atoms with E-state index in [0.29, 0.717) is 12.0 Å². The van der Waals surface area contributed by atoms with Crippen molar-refractivity contribution >= 4 is 0 Å². The van der Waals surface area contributed by atoms with Crippen LogP contribution in [-0.2, 0) is 6.54 Å². The Morgan fingerprint density at radius 2 is 1.94 bits per heavy atom. The first-order valence-electron chi connectivity index (χ1n) is 7.53. The van der Waals surface area contributed by atoms with Gasteiger partial charge in [0.15, 0.2) is 0 Å². The van der Waals surface area contributed by atoms with E-state index >= 15 is 0 Å². The van der Waals surface area contributed by atoms with Crippen LogP contribution in [-0.4, -0.2) is 21.3 Å². The molecule has 2 aliphatic carbocycles. The Bertz CT molecular complexity index is 443. The monoisotopic (exact) mass is 246 g/mol. The van der Waals surface area contributed by atoms with E-state index in [1.54, 1.807) is 0 Å².